The van der Waals surface area contributed by atoms with Gasteiger partial charge in [0.15, 0.2) is 5.78 Å². The zero-order valence-corrected chi connectivity index (χ0v) is 12.1. The summed E-state index contributed by atoms with van der Waals surface area (Å²) >= 11 is 0. The van der Waals surface area contributed by atoms with E-state index in [1.165, 1.54) is 0 Å². The number of aliphatic hydroxyl groups is 1. The van der Waals surface area contributed by atoms with Crippen LogP contribution in [0.3, 0.4) is 0 Å². The summed E-state index contributed by atoms with van der Waals surface area (Å²) in [6, 6.07) is 7.20. The first-order valence-electron chi connectivity index (χ1n) is 6.48. The molecule has 0 saturated carbocycles. The first kappa shape index (κ1) is 15.7. The molecule has 1 N–H and O–H groups in total. The van der Waals surface area contributed by atoms with E-state index < -0.39 is 5.60 Å². The Bertz CT molecular complexity index is 424. The Kier molecular flexibility index (Phi) is 5.51. The second-order valence-corrected chi connectivity index (χ2v) is 5.24. The van der Waals surface area contributed by atoms with Crippen molar-refractivity contribution in [3.05, 3.63) is 29.8 Å². The van der Waals surface area contributed by atoms with E-state index in [0.717, 1.165) is 0 Å². The van der Waals surface area contributed by atoms with Gasteiger partial charge in [0.25, 0.3) is 0 Å². The Morgan fingerprint density at radius 3 is 2.53 bits per heavy atom. The third kappa shape index (κ3) is 5.01. The molecule has 0 aromatic heterocycles. The molecule has 0 fully saturated rings. The molecule has 1 aromatic carbocycles. The molecule has 106 valence electrons. The number of ether oxygens (including phenoxy) is 1. The quantitative estimate of drug-likeness (QED) is 0.766. The second kappa shape index (κ2) is 6.68. The van der Waals surface area contributed by atoms with Crippen LogP contribution in [0, 0.1) is 0 Å². The van der Waals surface area contributed by atoms with Crippen LogP contribution in [-0.2, 0) is 0 Å². The van der Waals surface area contributed by atoms with Crippen LogP contribution >= 0.6 is 0 Å². The fourth-order valence-corrected chi connectivity index (χ4v) is 1.99. The molecule has 0 atom stereocenters. The van der Waals surface area contributed by atoms with Crippen LogP contribution in [0.15, 0.2) is 24.3 Å². The number of methoxy groups -OCH3 is 1. The molecule has 0 aliphatic rings. The summed E-state index contributed by atoms with van der Waals surface area (Å²) < 4.78 is 5.19. The van der Waals surface area contributed by atoms with Crippen molar-refractivity contribution < 1.29 is 14.6 Å². The molecule has 19 heavy (non-hydrogen) atoms. The molecule has 0 heterocycles. The molecular formula is C15H23NO3. The highest BCUT2D eigenvalue weighted by atomic mass is 16.5. The number of hydrogen-bond acceptors (Lipinski definition) is 4. The monoisotopic (exact) mass is 265 g/mol. The third-order valence-electron chi connectivity index (χ3n) is 2.83. The Balaban J connectivity index is 2.77. The maximum atomic E-state index is 12.3. The van der Waals surface area contributed by atoms with Crippen LogP contribution < -0.4 is 4.74 Å². The van der Waals surface area contributed by atoms with Crippen molar-refractivity contribution in [3.63, 3.8) is 0 Å². The van der Waals surface area contributed by atoms with Gasteiger partial charge in [-0.1, -0.05) is 19.1 Å². The lowest BCUT2D eigenvalue weighted by atomic mass is 10.1. The van der Waals surface area contributed by atoms with Crippen molar-refractivity contribution in [1.29, 1.82) is 0 Å². The predicted octanol–water partition coefficient (Wildman–Crippen LogP) is 1.97. The molecule has 4 nitrogen and oxygen atoms in total. The van der Waals surface area contributed by atoms with Gasteiger partial charge >= 0.3 is 0 Å². The van der Waals surface area contributed by atoms with Gasteiger partial charge in [-0.25, -0.2) is 0 Å². The van der Waals surface area contributed by atoms with E-state index >= 15 is 0 Å². The van der Waals surface area contributed by atoms with Gasteiger partial charge in [-0.15, -0.1) is 0 Å². The number of likely N-dealkylation sites (N-methyl/N-ethyl adjacent to an activating group) is 1. The molecule has 0 saturated heterocycles. The first-order chi connectivity index (χ1) is 8.87. The van der Waals surface area contributed by atoms with Crippen molar-refractivity contribution in [2.45, 2.75) is 26.4 Å². The van der Waals surface area contributed by atoms with E-state index in [9.17, 15) is 9.90 Å². The molecule has 1 rings (SSSR count). The maximum absolute atomic E-state index is 12.3. The van der Waals surface area contributed by atoms with Gasteiger partial charge in [-0.2, -0.15) is 0 Å². The van der Waals surface area contributed by atoms with Gasteiger partial charge in [0, 0.05) is 6.54 Å². The average molecular weight is 265 g/mol. The Labute approximate surface area is 115 Å². The Morgan fingerprint density at radius 1 is 1.37 bits per heavy atom. The van der Waals surface area contributed by atoms with Crippen LogP contribution in [-0.4, -0.2) is 48.1 Å². The number of Topliss-reactive ketones (excluding diaryl/α,β-unsaturated/α-hetero) is 1. The Morgan fingerprint density at radius 2 is 2.00 bits per heavy atom. The van der Waals surface area contributed by atoms with E-state index in [4.69, 9.17) is 4.74 Å². The fraction of sp³-hybridized carbons (Fsp3) is 0.533. The predicted molar refractivity (Wildman–Crippen MR) is 75.7 cm³/mol. The van der Waals surface area contributed by atoms with Crippen molar-refractivity contribution in [2.24, 2.45) is 0 Å². The number of carbonyl (C=O) groups is 1. The van der Waals surface area contributed by atoms with Crippen molar-refractivity contribution in [3.8, 4) is 5.75 Å². The van der Waals surface area contributed by atoms with Crippen LogP contribution in [0.5, 0.6) is 5.75 Å². The summed E-state index contributed by atoms with van der Waals surface area (Å²) in [4.78, 5) is 14.2. The summed E-state index contributed by atoms with van der Waals surface area (Å²) in [7, 11) is 1.56. The Hall–Kier alpha value is -1.39. The van der Waals surface area contributed by atoms with Crippen molar-refractivity contribution in [2.75, 3.05) is 26.7 Å². The number of rotatable bonds is 7. The molecule has 0 unspecified atom stereocenters. The zero-order valence-electron chi connectivity index (χ0n) is 12.1. The van der Waals surface area contributed by atoms with Gasteiger partial charge in [-0.3, -0.25) is 9.69 Å². The molecule has 1 aromatic rings. The molecule has 0 aliphatic carbocycles. The number of carbonyl (C=O) groups excluding carboxylic acids is 1. The number of para-hydroxylation sites is 1. The van der Waals surface area contributed by atoms with Crippen LogP contribution in [0.2, 0.25) is 0 Å². The first-order valence-corrected chi connectivity index (χ1v) is 6.48. The van der Waals surface area contributed by atoms with Gasteiger partial charge < -0.3 is 9.84 Å². The lowest BCUT2D eigenvalue weighted by Gasteiger charge is -2.27. The lowest BCUT2D eigenvalue weighted by molar-refractivity contribution is 0.0375. The van der Waals surface area contributed by atoms with E-state index in [1.54, 1.807) is 33.1 Å². The van der Waals surface area contributed by atoms with Crippen LogP contribution in [0.25, 0.3) is 0 Å². The molecule has 4 heteroatoms. The highest BCUT2D eigenvalue weighted by Crippen LogP contribution is 2.18. The highest BCUT2D eigenvalue weighted by Gasteiger charge is 2.20. The normalized spacial score (nSPS) is 11.7. The van der Waals surface area contributed by atoms with E-state index in [-0.39, 0.29) is 12.3 Å². The number of ketones is 1. The second-order valence-electron chi connectivity index (χ2n) is 5.24. The smallest absolute Gasteiger partial charge is 0.180 e. The minimum Gasteiger partial charge on any atom is -0.496 e. The van der Waals surface area contributed by atoms with Crippen LogP contribution in [0.4, 0.5) is 0 Å². The number of hydrogen-bond donors (Lipinski definition) is 1. The summed E-state index contributed by atoms with van der Waals surface area (Å²) in [5.74, 6) is 0.593. The number of nitrogens with zero attached hydrogens (tertiary/aromatic N) is 1. The third-order valence-corrected chi connectivity index (χ3v) is 2.83. The fourth-order valence-electron chi connectivity index (χ4n) is 1.99. The minimum absolute atomic E-state index is 0.00329. The zero-order chi connectivity index (χ0) is 14.5. The molecular weight excluding hydrogens is 242 g/mol. The average Bonchev–Trinajstić information content (AvgIpc) is 2.36. The molecule has 0 bridgehead atoms. The highest BCUT2D eigenvalue weighted by molar-refractivity contribution is 6.00. The van der Waals surface area contributed by atoms with Crippen LogP contribution in [0.1, 0.15) is 31.1 Å². The minimum atomic E-state index is -0.808. The topological polar surface area (TPSA) is 49.8 Å². The largest absolute Gasteiger partial charge is 0.496 e. The van der Waals surface area contributed by atoms with Crippen molar-refractivity contribution >= 4 is 5.78 Å². The summed E-state index contributed by atoms with van der Waals surface area (Å²) in [6.07, 6.45) is 0. The van der Waals surface area contributed by atoms with E-state index in [2.05, 4.69) is 0 Å². The van der Waals surface area contributed by atoms with Gasteiger partial charge in [-0.05, 0) is 32.5 Å². The standard InChI is InChI=1S/C15H23NO3/c1-5-16(11-15(2,3)18)10-13(17)12-8-6-7-9-14(12)19-4/h6-9,18H,5,10-11H2,1-4H3. The summed E-state index contributed by atoms with van der Waals surface area (Å²) in [5.41, 5.74) is -0.226. The SMILES string of the molecule is CCN(CC(=O)c1ccccc1OC)CC(C)(C)O. The summed E-state index contributed by atoms with van der Waals surface area (Å²) in [6.45, 7) is 6.91. The van der Waals surface area contributed by atoms with E-state index in [1.807, 2.05) is 24.0 Å². The maximum Gasteiger partial charge on any atom is 0.180 e. The van der Waals surface area contributed by atoms with Gasteiger partial charge in [0.2, 0.25) is 0 Å². The van der Waals surface area contributed by atoms with Gasteiger partial charge in [0.05, 0.1) is 24.8 Å². The summed E-state index contributed by atoms with van der Waals surface area (Å²) in [5, 5.41) is 9.83. The lowest BCUT2D eigenvalue weighted by Crippen LogP contribution is -2.41. The number of benzene rings is 1. The van der Waals surface area contributed by atoms with Crippen molar-refractivity contribution in [1.82, 2.24) is 4.90 Å². The molecule has 0 aliphatic heterocycles. The molecule has 0 amide bonds. The van der Waals surface area contributed by atoms with Gasteiger partial charge in [0.1, 0.15) is 5.75 Å². The molecule has 0 spiro atoms. The molecule has 0 radical (unpaired) electrons. The van der Waals surface area contributed by atoms with E-state index in [0.29, 0.717) is 24.4 Å².